The van der Waals surface area contributed by atoms with Crippen LogP contribution in [0.3, 0.4) is 0 Å². The highest BCUT2D eigenvalue weighted by Crippen LogP contribution is 2.16. The Hall–Kier alpha value is -2.10. The lowest BCUT2D eigenvalue weighted by Crippen LogP contribution is -2.23. The average molecular weight is 321 g/mol. The van der Waals surface area contributed by atoms with Crippen LogP contribution in [0.4, 0.5) is 0 Å². The van der Waals surface area contributed by atoms with Gasteiger partial charge in [-0.2, -0.15) is 5.10 Å². The van der Waals surface area contributed by atoms with E-state index in [1.807, 2.05) is 0 Å². The van der Waals surface area contributed by atoms with Crippen molar-refractivity contribution in [3.63, 3.8) is 0 Å². The van der Waals surface area contributed by atoms with Gasteiger partial charge in [-0.3, -0.25) is 0 Å². The molecule has 0 saturated heterocycles. The minimum atomic E-state index is -3.51. The summed E-state index contributed by atoms with van der Waals surface area (Å²) in [6.45, 7) is 0.128. The number of hydrogen-bond donors (Lipinski definition) is 1. The molecule has 0 bridgehead atoms. The number of thiophene rings is 1. The number of hydrogen-bond acceptors (Lipinski definition) is 6. The Balaban J connectivity index is 1.84. The van der Waals surface area contributed by atoms with Gasteiger partial charge >= 0.3 is 0 Å². The van der Waals surface area contributed by atoms with Crippen LogP contribution in [0.15, 0.2) is 52.7 Å². The molecule has 0 atom stereocenters. The van der Waals surface area contributed by atoms with Gasteiger partial charge in [0, 0.05) is 18.3 Å². The minimum Gasteiger partial charge on any atom is -0.237 e. The van der Waals surface area contributed by atoms with Crippen LogP contribution in [-0.2, 0) is 16.6 Å². The Morgan fingerprint density at radius 3 is 2.90 bits per heavy atom. The van der Waals surface area contributed by atoms with Gasteiger partial charge in [-0.1, -0.05) is 12.1 Å². The van der Waals surface area contributed by atoms with E-state index in [1.165, 1.54) is 28.7 Å². The van der Waals surface area contributed by atoms with Crippen molar-refractivity contribution in [2.45, 2.75) is 10.8 Å². The maximum absolute atomic E-state index is 12.1. The summed E-state index contributed by atoms with van der Waals surface area (Å²) in [5, 5.41) is 5.73. The third-order valence-corrected chi connectivity index (χ3v) is 5.51. The average Bonchev–Trinajstić information content (AvgIpc) is 3.18. The number of sulfonamides is 1. The molecule has 0 fully saturated rings. The van der Waals surface area contributed by atoms with E-state index >= 15 is 0 Å². The highest BCUT2D eigenvalue weighted by molar-refractivity contribution is 7.91. The van der Waals surface area contributed by atoms with Gasteiger partial charge in [0.25, 0.3) is 0 Å². The largest absolute Gasteiger partial charge is 0.250 e. The van der Waals surface area contributed by atoms with Crippen LogP contribution in [0, 0.1) is 0 Å². The van der Waals surface area contributed by atoms with Gasteiger partial charge in [-0.15, -0.1) is 11.3 Å². The van der Waals surface area contributed by atoms with Crippen molar-refractivity contribution in [2.24, 2.45) is 0 Å². The third kappa shape index (κ3) is 2.99. The van der Waals surface area contributed by atoms with Crippen LogP contribution < -0.4 is 4.72 Å². The van der Waals surface area contributed by atoms with Crippen LogP contribution in [0.5, 0.6) is 0 Å². The standard InChI is InChI=1S/C12H11N5O2S2/c18-21(19,11-4-2-6-20-11)16-7-10-3-1-5-14-12(10)17-9-13-8-15-17/h1-6,8-9,16H,7H2. The fraction of sp³-hybridized carbons (Fsp3) is 0.0833. The highest BCUT2D eigenvalue weighted by atomic mass is 32.2. The minimum absolute atomic E-state index is 0.128. The fourth-order valence-electron chi connectivity index (χ4n) is 1.75. The lowest BCUT2D eigenvalue weighted by molar-refractivity contribution is 0.583. The summed E-state index contributed by atoms with van der Waals surface area (Å²) in [6.07, 6.45) is 4.53. The van der Waals surface area contributed by atoms with Crippen LogP contribution in [0.2, 0.25) is 0 Å². The van der Waals surface area contributed by atoms with Crippen molar-refractivity contribution < 1.29 is 8.42 Å². The van der Waals surface area contributed by atoms with Crippen molar-refractivity contribution in [1.82, 2.24) is 24.5 Å². The third-order valence-electron chi connectivity index (χ3n) is 2.72. The molecule has 7 nitrogen and oxygen atoms in total. The van der Waals surface area contributed by atoms with Gasteiger partial charge < -0.3 is 0 Å². The first-order chi connectivity index (χ1) is 10.2. The summed E-state index contributed by atoms with van der Waals surface area (Å²) in [6, 6.07) is 6.80. The molecule has 3 heterocycles. The zero-order valence-corrected chi connectivity index (χ0v) is 12.4. The molecule has 9 heteroatoms. The van der Waals surface area contributed by atoms with Gasteiger partial charge in [-0.25, -0.2) is 27.8 Å². The quantitative estimate of drug-likeness (QED) is 0.762. The van der Waals surface area contributed by atoms with Crippen LogP contribution in [0.1, 0.15) is 5.56 Å². The smallest absolute Gasteiger partial charge is 0.237 e. The fourth-order valence-corrected chi connectivity index (χ4v) is 3.80. The van der Waals surface area contributed by atoms with E-state index in [2.05, 4.69) is 19.8 Å². The van der Waals surface area contributed by atoms with E-state index in [9.17, 15) is 8.42 Å². The van der Waals surface area contributed by atoms with E-state index in [4.69, 9.17) is 0 Å². The van der Waals surface area contributed by atoms with Crippen LogP contribution >= 0.6 is 11.3 Å². The van der Waals surface area contributed by atoms with E-state index in [-0.39, 0.29) is 10.8 Å². The van der Waals surface area contributed by atoms with Crippen LogP contribution in [-0.4, -0.2) is 28.2 Å². The summed E-state index contributed by atoms with van der Waals surface area (Å²) in [5.74, 6) is 0.545. The van der Waals surface area contributed by atoms with Crippen molar-refractivity contribution in [3.8, 4) is 5.82 Å². The van der Waals surface area contributed by atoms with Crippen molar-refractivity contribution in [1.29, 1.82) is 0 Å². The van der Waals surface area contributed by atoms with Gasteiger partial charge in [0.2, 0.25) is 10.0 Å². The van der Waals surface area contributed by atoms with Crippen LogP contribution in [0.25, 0.3) is 5.82 Å². The predicted octanol–water partition coefficient (Wildman–Crippen LogP) is 1.20. The Bertz CT molecular complexity index is 813. The Morgan fingerprint density at radius 1 is 1.29 bits per heavy atom. The molecular weight excluding hydrogens is 310 g/mol. The Kier molecular flexibility index (Phi) is 3.78. The normalized spacial score (nSPS) is 11.6. The van der Waals surface area contributed by atoms with Gasteiger partial charge in [0.05, 0.1) is 0 Å². The van der Waals surface area contributed by atoms with Gasteiger partial charge in [-0.05, 0) is 17.5 Å². The summed E-state index contributed by atoms with van der Waals surface area (Å²) in [4.78, 5) is 8.08. The molecule has 0 aliphatic rings. The second kappa shape index (κ2) is 5.72. The van der Waals surface area contributed by atoms with E-state index in [0.717, 1.165) is 0 Å². The van der Waals surface area contributed by atoms with Crippen molar-refractivity contribution in [3.05, 3.63) is 54.1 Å². The molecule has 0 radical (unpaired) electrons. The molecule has 0 amide bonds. The topological polar surface area (TPSA) is 89.8 Å². The monoisotopic (exact) mass is 321 g/mol. The Morgan fingerprint density at radius 2 is 2.19 bits per heavy atom. The molecule has 3 aromatic heterocycles. The first kappa shape index (κ1) is 13.9. The number of nitrogens with one attached hydrogen (secondary N) is 1. The lowest BCUT2D eigenvalue weighted by atomic mass is 10.2. The molecule has 0 saturated carbocycles. The molecular formula is C12H11N5O2S2. The summed E-state index contributed by atoms with van der Waals surface area (Å²) in [5.41, 5.74) is 0.711. The zero-order valence-electron chi connectivity index (χ0n) is 10.7. The van der Waals surface area contributed by atoms with Crippen molar-refractivity contribution in [2.75, 3.05) is 0 Å². The first-order valence-corrected chi connectivity index (χ1v) is 8.35. The number of aromatic nitrogens is 4. The van der Waals surface area contributed by atoms with E-state index < -0.39 is 10.0 Å². The van der Waals surface area contributed by atoms with Gasteiger partial charge in [0.15, 0.2) is 5.82 Å². The first-order valence-electron chi connectivity index (χ1n) is 5.99. The maximum atomic E-state index is 12.1. The lowest BCUT2D eigenvalue weighted by Gasteiger charge is -2.09. The molecule has 0 aliphatic heterocycles. The molecule has 21 heavy (non-hydrogen) atoms. The number of pyridine rings is 1. The maximum Gasteiger partial charge on any atom is 0.250 e. The van der Waals surface area contributed by atoms with E-state index in [0.29, 0.717) is 11.4 Å². The molecule has 3 rings (SSSR count). The van der Waals surface area contributed by atoms with E-state index in [1.54, 1.807) is 35.8 Å². The van der Waals surface area contributed by atoms with Crippen molar-refractivity contribution >= 4 is 21.4 Å². The molecule has 108 valence electrons. The Labute approximate surface area is 125 Å². The summed E-state index contributed by atoms with van der Waals surface area (Å²) in [7, 11) is -3.51. The molecule has 3 aromatic rings. The van der Waals surface area contributed by atoms with Gasteiger partial charge in [0.1, 0.15) is 16.9 Å². The predicted molar refractivity (Wildman–Crippen MR) is 77.5 cm³/mol. The number of rotatable bonds is 5. The molecule has 0 spiro atoms. The second-order valence-electron chi connectivity index (χ2n) is 4.08. The summed E-state index contributed by atoms with van der Waals surface area (Å²) < 4.78 is 28.6. The molecule has 0 unspecified atom stereocenters. The molecule has 0 aliphatic carbocycles. The highest BCUT2D eigenvalue weighted by Gasteiger charge is 2.16. The molecule has 0 aromatic carbocycles. The molecule has 1 N–H and O–H groups in total. The summed E-state index contributed by atoms with van der Waals surface area (Å²) >= 11 is 1.17. The second-order valence-corrected chi connectivity index (χ2v) is 7.02. The number of nitrogens with zero attached hydrogens (tertiary/aromatic N) is 4. The SMILES string of the molecule is O=S(=O)(NCc1cccnc1-n1cncn1)c1cccs1. The zero-order chi connectivity index (χ0) is 14.7.